The molecule has 2 aliphatic carbocycles. The molecule has 10 heteroatoms. The predicted octanol–water partition coefficient (Wildman–Crippen LogP) is -1.81. The summed E-state index contributed by atoms with van der Waals surface area (Å²) in [6.07, 6.45) is -6.96. The van der Waals surface area contributed by atoms with Gasteiger partial charge in [-0.1, -0.05) is 6.92 Å². The van der Waals surface area contributed by atoms with Gasteiger partial charge in [0, 0.05) is 17.4 Å². The van der Waals surface area contributed by atoms with E-state index in [0.29, 0.717) is 16.7 Å². The molecule has 10 nitrogen and oxygen atoms in total. The summed E-state index contributed by atoms with van der Waals surface area (Å²) in [5.41, 5.74) is 1.42. The minimum Gasteiger partial charge on any atom is -0.461 e. The van der Waals surface area contributed by atoms with Gasteiger partial charge in [0.25, 0.3) is 0 Å². The number of aliphatic hydroxyl groups excluding tert-OH is 5. The zero-order valence-corrected chi connectivity index (χ0v) is 17.2. The quantitative estimate of drug-likeness (QED) is 0.315. The molecule has 2 heterocycles. The first kappa shape index (κ1) is 22.5. The summed E-state index contributed by atoms with van der Waals surface area (Å²) in [5.74, 6) is -2.04. The first-order valence-electron chi connectivity index (χ1n) is 10.4. The van der Waals surface area contributed by atoms with Crippen molar-refractivity contribution >= 4 is 11.8 Å². The second-order valence-corrected chi connectivity index (χ2v) is 8.73. The molecule has 0 aromatic rings. The summed E-state index contributed by atoms with van der Waals surface area (Å²) < 4.78 is 17.1. The lowest BCUT2D eigenvalue weighted by Gasteiger charge is -2.41. The normalized spacial score (nSPS) is 45.2. The number of hydrogen-bond acceptors (Lipinski definition) is 10. The Labute approximate surface area is 178 Å². The van der Waals surface area contributed by atoms with Crippen molar-refractivity contribution in [2.75, 3.05) is 13.2 Å². The van der Waals surface area contributed by atoms with Crippen LogP contribution in [0.5, 0.6) is 0 Å². The van der Waals surface area contributed by atoms with E-state index in [0.717, 1.165) is 0 Å². The van der Waals surface area contributed by atoms with Crippen molar-refractivity contribution in [2.45, 2.75) is 63.2 Å². The molecule has 5 N–H and O–H groups in total. The first-order chi connectivity index (χ1) is 14.7. The van der Waals surface area contributed by atoms with Crippen molar-refractivity contribution in [1.29, 1.82) is 0 Å². The number of allylic oxidation sites excluding steroid dienone is 1. The third kappa shape index (κ3) is 3.56. The summed E-state index contributed by atoms with van der Waals surface area (Å²) in [5, 5.41) is 49.6. The van der Waals surface area contributed by atoms with Crippen molar-refractivity contribution < 1.29 is 49.3 Å². The fourth-order valence-electron chi connectivity index (χ4n) is 5.17. The minimum atomic E-state index is -1.60. The lowest BCUT2D eigenvalue weighted by molar-refractivity contribution is -0.309. The molecule has 0 aromatic carbocycles. The molecule has 4 aliphatic rings. The van der Waals surface area contributed by atoms with Gasteiger partial charge in [0.1, 0.15) is 30.5 Å². The first-order valence-corrected chi connectivity index (χ1v) is 10.4. The highest BCUT2D eigenvalue weighted by atomic mass is 16.7. The fourth-order valence-corrected chi connectivity index (χ4v) is 5.17. The van der Waals surface area contributed by atoms with E-state index in [4.69, 9.17) is 14.2 Å². The van der Waals surface area contributed by atoms with Crippen LogP contribution in [-0.4, -0.2) is 93.4 Å². The van der Waals surface area contributed by atoms with Crippen molar-refractivity contribution in [3.63, 3.8) is 0 Å². The Morgan fingerprint density at radius 2 is 1.84 bits per heavy atom. The van der Waals surface area contributed by atoms with Gasteiger partial charge in [-0.25, -0.2) is 0 Å². The number of ether oxygens (including phenoxy) is 3. The lowest BCUT2D eigenvalue weighted by atomic mass is 9.80. The molecular formula is C21H28O10. The van der Waals surface area contributed by atoms with Crippen molar-refractivity contribution in [1.82, 2.24) is 0 Å². The van der Waals surface area contributed by atoms with Gasteiger partial charge in [0.2, 0.25) is 0 Å². The molecule has 10 unspecified atom stereocenters. The zero-order valence-electron chi connectivity index (χ0n) is 17.2. The van der Waals surface area contributed by atoms with Gasteiger partial charge in [-0.15, -0.1) is 0 Å². The molecule has 0 radical (unpaired) electrons. The Balaban J connectivity index is 1.68. The minimum absolute atomic E-state index is 0.282. The summed E-state index contributed by atoms with van der Waals surface area (Å²) in [7, 11) is 0. The van der Waals surface area contributed by atoms with E-state index in [1.165, 1.54) is 6.08 Å². The maximum Gasteiger partial charge on any atom is 0.309 e. The molecular weight excluding hydrogens is 412 g/mol. The number of carbonyl (C=O) groups is 2. The number of ketones is 1. The molecule has 2 saturated heterocycles. The van der Waals surface area contributed by atoms with Crippen LogP contribution in [0.4, 0.5) is 0 Å². The smallest absolute Gasteiger partial charge is 0.309 e. The number of hydrogen-bond donors (Lipinski definition) is 5. The zero-order chi connectivity index (χ0) is 22.6. The summed E-state index contributed by atoms with van der Waals surface area (Å²) >= 11 is 0. The highest BCUT2D eigenvalue weighted by Crippen LogP contribution is 2.48. The number of rotatable bonds is 4. The van der Waals surface area contributed by atoms with Crippen LogP contribution in [0.15, 0.2) is 22.8 Å². The van der Waals surface area contributed by atoms with E-state index >= 15 is 0 Å². The Morgan fingerprint density at radius 3 is 2.48 bits per heavy atom. The van der Waals surface area contributed by atoms with Crippen molar-refractivity contribution in [3.05, 3.63) is 22.8 Å². The maximum atomic E-state index is 12.8. The average molecular weight is 440 g/mol. The molecule has 31 heavy (non-hydrogen) atoms. The molecule has 10 atom stereocenters. The molecule has 4 rings (SSSR count). The molecule has 2 fully saturated rings. The monoisotopic (exact) mass is 440 g/mol. The van der Waals surface area contributed by atoms with Crippen LogP contribution in [0.3, 0.4) is 0 Å². The predicted molar refractivity (Wildman–Crippen MR) is 102 cm³/mol. The summed E-state index contributed by atoms with van der Waals surface area (Å²) in [6, 6.07) is 0. The van der Waals surface area contributed by atoms with Crippen LogP contribution in [-0.2, 0) is 23.8 Å². The van der Waals surface area contributed by atoms with Gasteiger partial charge in [0.15, 0.2) is 12.1 Å². The Bertz CT molecular complexity index is 817. The van der Waals surface area contributed by atoms with Crippen LogP contribution in [0.25, 0.3) is 0 Å². The van der Waals surface area contributed by atoms with Gasteiger partial charge >= 0.3 is 5.97 Å². The maximum absolute atomic E-state index is 12.8. The number of fused-ring (bicyclic) bond motifs is 3. The molecule has 0 amide bonds. The molecule has 0 aromatic heterocycles. The van der Waals surface area contributed by atoms with Gasteiger partial charge in [0.05, 0.1) is 25.2 Å². The van der Waals surface area contributed by atoms with Gasteiger partial charge < -0.3 is 39.7 Å². The molecule has 2 aliphatic heterocycles. The van der Waals surface area contributed by atoms with Gasteiger partial charge in [-0.2, -0.15) is 0 Å². The van der Waals surface area contributed by atoms with Gasteiger partial charge in [-0.05, 0) is 30.6 Å². The third-order valence-corrected chi connectivity index (χ3v) is 7.03. The number of carbonyl (C=O) groups excluding carboxylic acids is 2. The molecule has 0 saturated carbocycles. The van der Waals surface area contributed by atoms with Crippen LogP contribution < -0.4 is 0 Å². The van der Waals surface area contributed by atoms with E-state index in [1.54, 1.807) is 13.8 Å². The van der Waals surface area contributed by atoms with Gasteiger partial charge in [-0.3, -0.25) is 9.59 Å². The van der Waals surface area contributed by atoms with Crippen molar-refractivity contribution in [2.24, 2.45) is 17.8 Å². The Morgan fingerprint density at radius 1 is 1.13 bits per heavy atom. The SMILES string of the molecule is CC1=C2C(=O)C=C(CO)C2C2OC(=O)C(C)C2CC1OC1OC(CO)C(O)C(O)C1O. The topological polar surface area (TPSA) is 163 Å². The molecule has 0 spiro atoms. The van der Waals surface area contributed by atoms with Crippen LogP contribution in [0, 0.1) is 17.8 Å². The van der Waals surface area contributed by atoms with E-state index in [1.807, 2.05) is 0 Å². The van der Waals surface area contributed by atoms with E-state index < -0.39 is 67.3 Å². The van der Waals surface area contributed by atoms with Crippen LogP contribution in [0.1, 0.15) is 20.3 Å². The van der Waals surface area contributed by atoms with E-state index in [2.05, 4.69) is 0 Å². The van der Waals surface area contributed by atoms with E-state index in [-0.39, 0.29) is 24.7 Å². The second kappa shape index (κ2) is 8.36. The fraction of sp³-hybridized carbons (Fsp3) is 0.714. The van der Waals surface area contributed by atoms with Crippen molar-refractivity contribution in [3.8, 4) is 0 Å². The number of aliphatic hydroxyl groups is 5. The largest absolute Gasteiger partial charge is 0.461 e. The highest BCUT2D eigenvalue weighted by molar-refractivity contribution is 6.09. The lowest BCUT2D eigenvalue weighted by Crippen LogP contribution is -2.59. The second-order valence-electron chi connectivity index (χ2n) is 8.73. The molecule has 172 valence electrons. The Kier molecular flexibility index (Phi) is 6.08. The Hall–Kier alpha value is -1.66. The summed E-state index contributed by atoms with van der Waals surface area (Å²) in [4.78, 5) is 25.1. The standard InChI is InChI=1S/C21H28O10/c1-7-10-4-12(29-21-18(27)17(26)16(25)13(6-23)30-21)8(2)14-11(24)3-9(5-22)15(14)19(10)31-20(7)28/h3,7,10,12-13,15-19,21-23,25-27H,4-6H2,1-2H3. The van der Waals surface area contributed by atoms with Crippen LogP contribution >= 0.6 is 0 Å². The molecule has 0 bridgehead atoms. The number of esters is 1. The highest BCUT2D eigenvalue weighted by Gasteiger charge is 2.54. The third-order valence-electron chi connectivity index (χ3n) is 7.03. The van der Waals surface area contributed by atoms with E-state index in [9.17, 15) is 35.1 Å². The van der Waals surface area contributed by atoms with Crippen LogP contribution in [0.2, 0.25) is 0 Å². The summed E-state index contributed by atoms with van der Waals surface area (Å²) in [6.45, 7) is 2.50. The average Bonchev–Trinajstić information content (AvgIpc) is 3.18.